The Kier molecular flexibility index (Phi) is 7.94. The monoisotopic (exact) mass is 381 g/mol. The zero-order valence-electron chi connectivity index (χ0n) is 13.6. The summed E-state index contributed by atoms with van der Waals surface area (Å²) in [7, 11) is 0. The summed E-state index contributed by atoms with van der Waals surface area (Å²) in [5.74, 6) is -1.40. The number of carbonyl (C=O) groups is 1. The highest BCUT2D eigenvalue weighted by molar-refractivity contribution is 7.19. The number of quaternary nitrogens is 2. The van der Waals surface area contributed by atoms with Gasteiger partial charge in [0.25, 0.3) is 0 Å². The number of hydrogen-bond acceptors (Lipinski definition) is 5. The lowest BCUT2D eigenvalue weighted by Crippen LogP contribution is -2.53. The molecule has 0 spiro atoms. The Morgan fingerprint density at radius 1 is 1.12 bits per heavy atom. The first-order valence-corrected chi connectivity index (χ1v) is 8.17. The SMILES string of the molecule is Cc1cc2cc(OCC[NH3+])c(OCC[NH3+])cc2s1.O=C([O-])C(F)(F)F. The van der Waals surface area contributed by atoms with Gasteiger partial charge < -0.3 is 30.8 Å². The zero-order chi connectivity index (χ0) is 19.0. The lowest BCUT2D eigenvalue weighted by atomic mass is 10.2. The van der Waals surface area contributed by atoms with E-state index in [-0.39, 0.29) is 0 Å². The van der Waals surface area contributed by atoms with Crippen LogP contribution in [0.2, 0.25) is 0 Å². The van der Waals surface area contributed by atoms with Gasteiger partial charge in [0.2, 0.25) is 0 Å². The van der Waals surface area contributed by atoms with Crippen LogP contribution < -0.4 is 26.0 Å². The van der Waals surface area contributed by atoms with Crippen molar-refractivity contribution in [2.45, 2.75) is 13.1 Å². The maximum absolute atomic E-state index is 10.5. The molecule has 1 aromatic carbocycles. The van der Waals surface area contributed by atoms with Crippen molar-refractivity contribution in [3.8, 4) is 11.5 Å². The van der Waals surface area contributed by atoms with E-state index in [1.807, 2.05) is 6.07 Å². The van der Waals surface area contributed by atoms with Crippen molar-refractivity contribution in [2.24, 2.45) is 0 Å². The number of alkyl halides is 3. The maximum atomic E-state index is 10.5. The minimum atomic E-state index is -5.19. The van der Waals surface area contributed by atoms with E-state index in [0.29, 0.717) is 13.2 Å². The molecule has 2 aromatic rings. The molecule has 0 aliphatic heterocycles. The second-order valence-electron chi connectivity index (χ2n) is 4.88. The lowest BCUT2D eigenvalue weighted by Gasteiger charge is -2.11. The van der Waals surface area contributed by atoms with E-state index < -0.39 is 12.1 Å². The molecule has 0 atom stereocenters. The Hall–Kier alpha value is -2.04. The Labute approximate surface area is 146 Å². The molecule has 25 heavy (non-hydrogen) atoms. The van der Waals surface area contributed by atoms with E-state index in [1.165, 1.54) is 15.0 Å². The highest BCUT2D eigenvalue weighted by atomic mass is 32.1. The highest BCUT2D eigenvalue weighted by Gasteiger charge is 2.28. The van der Waals surface area contributed by atoms with E-state index in [2.05, 4.69) is 30.5 Å². The number of benzene rings is 1. The minimum absolute atomic E-state index is 0.607. The number of carboxylic acids is 1. The quantitative estimate of drug-likeness (QED) is 0.718. The van der Waals surface area contributed by atoms with Gasteiger partial charge in [-0.3, -0.25) is 0 Å². The predicted octanol–water partition coefficient (Wildman–Crippen LogP) is -0.250. The molecule has 6 nitrogen and oxygen atoms in total. The summed E-state index contributed by atoms with van der Waals surface area (Å²) in [6, 6.07) is 6.27. The van der Waals surface area contributed by atoms with Crippen LogP contribution in [0.15, 0.2) is 18.2 Å². The fourth-order valence-electron chi connectivity index (χ4n) is 1.77. The molecule has 0 fully saturated rings. The number of ether oxygens (including phenoxy) is 2. The van der Waals surface area contributed by atoms with E-state index in [4.69, 9.17) is 19.4 Å². The number of aliphatic carboxylic acids is 1. The van der Waals surface area contributed by atoms with Crippen molar-refractivity contribution < 1.29 is 44.0 Å². The van der Waals surface area contributed by atoms with Gasteiger partial charge in [0, 0.05) is 15.6 Å². The second-order valence-corrected chi connectivity index (χ2v) is 6.17. The molecule has 2 rings (SSSR count). The highest BCUT2D eigenvalue weighted by Crippen LogP contribution is 2.36. The summed E-state index contributed by atoms with van der Waals surface area (Å²) >= 11 is 1.77. The molecule has 0 aliphatic carbocycles. The van der Waals surface area contributed by atoms with Gasteiger partial charge in [0.05, 0.1) is 0 Å². The van der Waals surface area contributed by atoms with Gasteiger partial charge in [-0.15, -0.1) is 11.3 Å². The molecular weight excluding hydrogens is 361 g/mol. The van der Waals surface area contributed by atoms with Crippen molar-refractivity contribution in [3.05, 3.63) is 23.1 Å². The summed E-state index contributed by atoms with van der Waals surface area (Å²) < 4.78 is 44.2. The van der Waals surface area contributed by atoms with Crippen molar-refractivity contribution >= 4 is 27.4 Å². The van der Waals surface area contributed by atoms with Gasteiger partial charge >= 0.3 is 6.18 Å². The molecule has 0 amide bonds. The van der Waals surface area contributed by atoms with Crippen LogP contribution >= 0.6 is 11.3 Å². The van der Waals surface area contributed by atoms with Gasteiger partial charge in [0.15, 0.2) is 11.5 Å². The zero-order valence-corrected chi connectivity index (χ0v) is 14.5. The fourth-order valence-corrected chi connectivity index (χ4v) is 2.70. The first-order chi connectivity index (χ1) is 11.7. The number of fused-ring (bicyclic) bond motifs is 1. The number of carboxylic acid groups (broad SMARTS) is 1. The molecular formula is C15H20F3N2O4S+. The van der Waals surface area contributed by atoms with E-state index in [9.17, 15) is 13.2 Å². The average molecular weight is 381 g/mol. The Morgan fingerprint density at radius 3 is 2.04 bits per heavy atom. The molecule has 140 valence electrons. The van der Waals surface area contributed by atoms with Crippen molar-refractivity contribution in [2.75, 3.05) is 26.3 Å². The van der Waals surface area contributed by atoms with Crippen LogP contribution in [0.25, 0.3) is 10.1 Å². The van der Waals surface area contributed by atoms with Crippen LogP contribution in [0.5, 0.6) is 11.5 Å². The van der Waals surface area contributed by atoms with Gasteiger partial charge in [0.1, 0.15) is 32.3 Å². The smallest absolute Gasteiger partial charge is 0.430 e. The third kappa shape index (κ3) is 6.77. The van der Waals surface area contributed by atoms with Crippen LogP contribution in [0.4, 0.5) is 13.2 Å². The summed E-state index contributed by atoms with van der Waals surface area (Å²) in [6.45, 7) is 4.81. The Balaban J connectivity index is 0.000000381. The second kappa shape index (κ2) is 9.44. The molecule has 0 unspecified atom stereocenters. The van der Waals surface area contributed by atoms with E-state index in [0.717, 1.165) is 24.6 Å². The van der Waals surface area contributed by atoms with Crippen molar-refractivity contribution in [1.29, 1.82) is 0 Å². The molecule has 0 saturated heterocycles. The van der Waals surface area contributed by atoms with Crippen LogP contribution in [0, 0.1) is 6.92 Å². The molecule has 0 bridgehead atoms. The molecule has 6 N–H and O–H groups in total. The van der Waals surface area contributed by atoms with Crippen LogP contribution in [-0.4, -0.2) is 38.4 Å². The number of halogens is 3. The third-order valence-electron chi connectivity index (χ3n) is 2.74. The average Bonchev–Trinajstić information content (AvgIpc) is 2.88. The largest absolute Gasteiger partial charge is 0.542 e. The molecule has 1 aromatic heterocycles. The minimum Gasteiger partial charge on any atom is -0.542 e. The number of hydrogen-bond donors (Lipinski definition) is 2. The number of carbonyl (C=O) groups excluding carboxylic acids is 1. The standard InChI is InChI=1S/C13H18N2O2S.C2HF3O2/c1-9-6-10-7-11(16-4-2-14)12(17-5-3-15)8-13(10)18-9;3-2(4,5)1(6)7/h6-8H,2-5,14-15H2,1H3;(H,6,7)/p+1. The number of aryl methyl sites for hydroxylation is 1. The molecule has 0 saturated carbocycles. The van der Waals surface area contributed by atoms with Gasteiger partial charge in [-0.25, -0.2) is 0 Å². The normalized spacial score (nSPS) is 11.0. The Morgan fingerprint density at radius 2 is 1.60 bits per heavy atom. The first kappa shape index (κ1) is 21.0. The van der Waals surface area contributed by atoms with Crippen LogP contribution in [0.1, 0.15) is 4.88 Å². The Bertz CT molecular complexity index is 659. The maximum Gasteiger partial charge on any atom is 0.430 e. The first-order valence-electron chi connectivity index (χ1n) is 7.35. The van der Waals surface area contributed by atoms with E-state index in [1.54, 1.807) is 11.3 Å². The topological polar surface area (TPSA) is 114 Å². The number of thiophene rings is 1. The summed E-state index contributed by atoms with van der Waals surface area (Å²) in [5.41, 5.74) is 7.57. The van der Waals surface area contributed by atoms with Crippen LogP contribution in [0.3, 0.4) is 0 Å². The third-order valence-corrected chi connectivity index (χ3v) is 3.75. The van der Waals surface area contributed by atoms with Gasteiger partial charge in [-0.05, 0) is 24.4 Å². The van der Waals surface area contributed by atoms with Crippen molar-refractivity contribution in [3.63, 3.8) is 0 Å². The van der Waals surface area contributed by atoms with Crippen molar-refractivity contribution in [1.82, 2.24) is 0 Å². The van der Waals surface area contributed by atoms with Crippen LogP contribution in [-0.2, 0) is 4.79 Å². The number of rotatable bonds is 6. The molecule has 10 heteroatoms. The van der Waals surface area contributed by atoms with Gasteiger partial charge in [-0.1, -0.05) is 0 Å². The summed E-state index contributed by atoms with van der Waals surface area (Å²) in [4.78, 5) is 10.1. The van der Waals surface area contributed by atoms with Gasteiger partial charge in [-0.2, -0.15) is 13.2 Å². The predicted molar refractivity (Wildman–Crippen MR) is 84.1 cm³/mol. The molecule has 0 aliphatic rings. The summed E-state index contributed by atoms with van der Waals surface area (Å²) in [5, 5.41) is 9.99. The summed E-state index contributed by atoms with van der Waals surface area (Å²) in [6.07, 6.45) is -5.19. The molecule has 1 heterocycles. The fraction of sp³-hybridized carbons (Fsp3) is 0.400. The molecule has 0 radical (unpaired) electrons. The lowest BCUT2D eigenvalue weighted by molar-refractivity contribution is -0.372. The van der Waals surface area contributed by atoms with E-state index >= 15 is 0 Å².